The first-order valence-electron chi connectivity index (χ1n) is 8.81. The number of hydrogen-bond donors (Lipinski definition) is 1. The SMILES string of the molecule is COc1ccc(C(=O)Nc2cccc(C)c2C)cc1CSc1ccccc1. The lowest BCUT2D eigenvalue weighted by molar-refractivity contribution is 0.102. The third-order valence-corrected chi connectivity index (χ3v) is 5.59. The molecule has 138 valence electrons. The topological polar surface area (TPSA) is 38.3 Å². The fraction of sp³-hybridized carbons (Fsp3) is 0.174. The molecule has 0 fully saturated rings. The van der Waals surface area contributed by atoms with E-state index in [9.17, 15) is 4.79 Å². The molecule has 0 unspecified atom stereocenters. The molecule has 0 radical (unpaired) electrons. The van der Waals surface area contributed by atoms with E-state index in [1.807, 2.05) is 62.4 Å². The number of thioether (sulfide) groups is 1. The number of ether oxygens (including phenoxy) is 1. The van der Waals surface area contributed by atoms with Gasteiger partial charge < -0.3 is 10.1 Å². The highest BCUT2D eigenvalue weighted by Crippen LogP contribution is 2.29. The van der Waals surface area contributed by atoms with Crippen molar-refractivity contribution in [1.29, 1.82) is 0 Å². The van der Waals surface area contributed by atoms with Crippen LogP contribution >= 0.6 is 11.8 Å². The Morgan fingerprint density at radius 2 is 1.78 bits per heavy atom. The zero-order valence-electron chi connectivity index (χ0n) is 15.8. The number of rotatable bonds is 6. The van der Waals surface area contributed by atoms with Crippen LogP contribution in [-0.4, -0.2) is 13.0 Å². The van der Waals surface area contributed by atoms with Gasteiger partial charge in [0.25, 0.3) is 5.91 Å². The van der Waals surface area contributed by atoms with E-state index in [0.717, 1.165) is 33.9 Å². The van der Waals surface area contributed by atoms with Crippen LogP contribution in [-0.2, 0) is 5.75 Å². The fourth-order valence-corrected chi connectivity index (χ4v) is 3.69. The van der Waals surface area contributed by atoms with Crippen molar-refractivity contribution in [3.8, 4) is 5.75 Å². The normalized spacial score (nSPS) is 10.5. The molecular weight excluding hydrogens is 354 g/mol. The van der Waals surface area contributed by atoms with Crippen LogP contribution in [0.4, 0.5) is 5.69 Å². The average molecular weight is 378 g/mol. The number of hydrogen-bond acceptors (Lipinski definition) is 3. The maximum Gasteiger partial charge on any atom is 0.255 e. The van der Waals surface area contributed by atoms with Crippen molar-refractivity contribution >= 4 is 23.4 Å². The van der Waals surface area contributed by atoms with Crippen LogP contribution in [0.25, 0.3) is 0 Å². The number of aryl methyl sites for hydroxylation is 1. The van der Waals surface area contributed by atoms with Crippen LogP contribution < -0.4 is 10.1 Å². The Morgan fingerprint density at radius 3 is 2.52 bits per heavy atom. The summed E-state index contributed by atoms with van der Waals surface area (Å²) in [5.41, 5.74) is 4.71. The van der Waals surface area contributed by atoms with Gasteiger partial charge in [-0.2, -0.15) is 0 Å². The summed E-state index contributed by atoms with van der Waals surface area (Å²) in [5.74, 6) is 1.41. The largest absolute Gasteiger partial charge is 0.496 e. The Balaban J connectivity index is 1.79. The first-order valence-corrected chi connectivity index (χ1v) is 9.79. The maximum atomic E-state index is 12.7. The Hall–Kier alpha value is -2.72. The number of methoxy groups -OCH3 is 1. The Bertz CT molecular complexity index is 938. The van der Waals surface area contributed by atoms with Crippen molar-refractivity contribution in [2.45, 2.75) is 24.5 Å². The molecule has 0 spiro atoms. The smallest absolute Gasteiger partial charge is 0.255 e. The molecule has 0 atom stereocenters. The number of benzene rings is 3. The van der Waals surface area contributed by atoms with Gasteiger partial charge >= 0.3 is 0 Å². The standard InChI is InChI=1S/C23H23NO2S/c1-16-8-7-11-21(17(16)2)24-23(25)18-12-13-22(26-3)19(14-18)15-27-20-9-5-4-6-10-20/h4-14H,15H2,1-3H3,(H,24,25). The molecule has 0 aliphatic heterocycles. The average Bonchev–Trinajstić information content (AvgIpc) is 2.70. The molecular formula is C23H23NO2S. The zero-order chi connectivity index (χ0) is 19.2. The second-order valence-electron chi connectivity index (χ2n) is 6.33. The Kier molecular flexibility index (Phi) is 6.20. The predicted octanol–water partition coefficient (Wildman–Crippen LogP) is 5.86. The van der Waals surface area contributed by atoms with Crippen molar-refractivity contribution in [1.82, 2.24) is 0 Å². The summed E-state index contributed by atoms with van der Waals surface area (Å²) in [4.78, 5) is 13.9. The van der Waals surface area contributed by atoms with Crippen LogP contribution in [0.5, 0.6) is 5.75 Å². The van der Waals surface area contributed by atoms with E-state index in [4.69, 9.17) is 4.74 Å². The zero-order valence-corrected chi connectivity index (χ0v) is 16.6. The first-order chi connectivity index (χ1) is 13.1. The highest BCUT2D eigenvalue weighted by Gasteiger charge is 2.12. The molecule has 0 aromatic heterocycles. The summed E-state index contributed by atoms with van der Waals surface area (Å²) < 4.78 is 5.48. The van der Waals surface area contributed by atoms with E-state index in [2.05, 4.69) is 17.4 Å². The summed E-state index contributed by atoms with van der Waals surface area (Å²) in [6.45, 7) is 4.05. The molecule has 3 aromatic carbocycles. The van der Waals surface area contributed by atoms with Gasteiger partial charge in [-0.05, 0) is 61.4 Å². The maximum absolute atomic E-state index is 12.7. The van der Waals surface area contributed by atoms with Crippen LogP contribution in [0.3, 0.4) is 0 Å². The van der Waals surface area contributed by atoms with Crippen LogP contribution in [0.15, 0.2) is 71.6 Å². The number of carbonyl (C=O) groups excluding carboxylic acids is 1. The second-order valence-corrected chi connectivity index (χ2v) is 7.38. The summed E-state index contributed by atoms with van der Waals surface area (Å²) in [7, 11) is 1.65. The van der Waals surface area contributed by atoms with Gasteiger partial charge in [0, 0.05) is 27.5 Å². The minimum Gasteiger partial charge on any atom is -0.496 e. The molecule has 0 heterocycles. The minimum absolute atomic E-state index is 0.114. The van der Waals surface area contributed by atoms with E-state index in [0.29, 0.717) is 5.56 Å². The molecule has 3 rings (SSSR count). The lowest BCUT2D eigenvalue weighted by atomic mass is 10.1. The summed E-state index contributed by atoms with van der Waals surface area (Å²) in [5, 5.41) is 3.02. The molecule has 4 heteroatoms. The third kappa shape index (κ3) is 4.72. The van der Waals surface area contributed by atoms with Gasteiger partial charge in [0.15, 0.2) is 0 Å². The van der Waals surface area contributed by atoms with Crippen LogP contribution in [0, 0.1) is 13.8 Å². The van der Waals surface area contributed by atoms with Crippen LogP contribution in [0.2, 0.25) is 0 Å². The quantitative estimate of drug-likeness (QED) is 0.547. The Labute approximate surface area is 164 Å². The minimum atomic E-state index is -0.114. The van der Waals surface area contributed by atoms with E-state index >= 15 is 0 Å². The number of anilines is 1. The molecule has 1 N–H and O–H groups in total. The third-order valence-electron chi connectivity index (χ3n) is 4.53. The number of carbonyl (C=O) groups is 1. The Morgan fingerprint density at radius 1 is 1.00 bits per heavy atom. The van der Waals surface area contributed by atoms with Crippen molar-refractivity contribution in [3.63, 3.8) is 0 Å². The van der Waals surface area contributed by atoms with Crippen molar-refractivity contribution < 1.29 is 9.53 Å². The lowest BCUT2D eigenvalue weighted by Gasteiger charge is -2.13. The summed E-state index contributed by atoms with van der Waals surface area (Å²) in [6.07, 6.45) is 0. The second kappa shape index (κ2) is 8.78. The molecule has 27 heavy (non-hydrogen) atoms. The van der Waals surface area contributed by atoms with Gasteiger partial charge in [-0.15, -0.1) is 11.8 Å². The molecule has 0 aliphatic carbocycles. The fourth-order valence-electron chi connectivity index (χ4n) is 2.79. The number of nitrogens with one attached hydrogen (secondary N) is 1. The van der Waals surface area contributed by atoms with E-state index in [1.165, 1.54) is 4.90 Å². The van der Waals surface area contributed by atoms with E-state index in [-0.39, 0.29) is 5.91 Å². The van der Waals surface area contributed by atoms with E-state index in [1.54, 1.807) is 24.9 Å². The summed E-state index contributed by atoms with van der Waals surface area (Å²) in [6, 6.07) is 21.7. The first kappa shape index (κ1) is 19.1. The molecule has 0 aliphatic rings. The van der Waals surface area contributed by atoms with Gasteiger partial charge in [-0.1, -0.05) is 30.3 Å². The van der Waals surface area contributed by atoms with E-state index < -0.39 is 0 Å². The summed E-state index contributed by atoms with van der Waals surface area (Å²) >= 11 is 1.72. The molecule has 1 amide bonds. The predicted molar refractivity (Wildman–Crippen MR) is 113 cm³/mol. The van der Waals surface area contributed by atoms with Gasteiger partial charge in [0.1, 0.15) is 5.75 Å². The molecule has 0 saturated carbocycles. The van der Waals surface area contributed by atoms with Gasteiger partial charge in [-0.3, -0.25) is 4.79 Å². The van der Waals surface area contributed by atoms with Gasteiger partial charge in [0.05, 0.1) is 7.11 Å². The van der Waals surface area contributed by atoms with Gasteiger partial charge in [-0.25, -0.2) is 0 Å². The molecule has 0 saturated heterocycles. The highest BCUT2D eigenvalue weighted by atomic mass is 32.2. The molecule has 3 nitrogen and oxygen atoms in total. The van der Waals surface area contributed by atoms with Crippen molar-refractivity contribution in [2.75, 3.05) is 12.4 Å². The van der Waals surface area contributed by atoms with Crippen molar-refractivity contribution in [3.05, 3.63) is 89.0 Å². The highest BCUT2D eigenvalue weighted by molar-refractivity contribution is 7.98. The van der Waals surface area contributed by atoms with Crippen molar-refractivity contribution in [2.24, 2.45) is 0 Å². The lowest BCUT2D eigenvalue weighted by Crippen LogP contribution is -2.13. The number of amides is 1. The monoisotopic (exact) mass is 377 g/mol. The van der Waals surface area contributed by atoms with Crippen LogP contribution in [0.1, 0.15) is 27.0 Å². The molecule has 0 bridgehead atoms. The van der Waals surface area contributed by atoms with Gasteiger partial charge in [0.2, 0.25) is 0 Å². The molecule has 3 aromatic rings.